The fourth-order valence-corrected chi connectivity index (χ4v) is 2.31. The second-order valence-corrected chi connectivity index (χ2v) is 4.74. The fourth-order valence-electron chi connectivity index (χ4n) is 2.31. The Balaban J connectivity index is 1.95. The molecule has 0 radical (unpaired) electrons. The summed E-state index contributed by atoms with van der Waals surface area (Å²) in [6, 6.07) is 4.41. The van der Waals surface area contributed by atoms with Gasteiger partial charge in [-0.05, 0) is 31.2 Å². The molecule has 1 aliphatic rings. The summed E-state index contributed by atoms with van der Waals surface area (Å²) >= 11 is 0. The van der Waals surface area contributed by atoms with E-state index in [1.54, 1.807) is 6.07 Å². The highest BCUT2D eigenvalue weighted by Crippen LogP contribution is 2.28. The highest BCUT2D eigenvalue weighted by Gasteiger charge is 2.22. The van der Waals surface area contributed by atoms with Gasteiger partial charge in [0.05, 0.1) is 22.4 Å². The zero-order valence-corrected chi connectivity index (χ0v) is 10.0. The first-order valence-electron chi connectivity index (χ1n) is 6.02. The standard InChI is InChI=1S/C12H17N3O3/c13-11-6-9(15(17)18)2-4-12(11)14-7-8-1-3-10(16)5-8/h2,4,6,8,10,14,16H,1,3,5,7,13H2. The summed E-state index contributed by atoms with van der Waals surface area (Å²) < 4.78 is 0. The lowest BCUT2D eigenvalue weighted by Gasteiger charge is -2.13. The molecule has 1 aliphatic carbocycles. The minimum atomic E-state index is -0.465. The van der Waals surface area contributed by atoms with Crippen molar-refractivity contribution < 1.29 is 10.0 Å². The minimum absolute atomic E-state index is 0.00524. The number of aliphatic hydroxyl groups excluding tert-OH is 1. The van der Waals surface area contributed by atoms with Crippen LogP contribution in [0, 0.1) is 16.0 Å². The number of non-ortho nitro benzene ring substituents is 1. The van der Waals surface area contributed by atoms with Gasteiger partial charge in [0.1, 0.15) is 0 Å². The van der Waals surface area contributed by atoms with E-state index in [9.17, 15) is 15.2 Å². The van der Waals surface area contributed by atoms with E-state index in [1.807, 2.05) is 0 Å². The van der Waals surface area contributed by atoms with Gasteiger partial charge in [-0.25, -0.2) is 0 Å². The summed E-state index contributed by atoms with van der Waals surface area (Å²) in [4.78, 5) is 10.1. The van der Waals surface area contributed by atoms with Gasteiger partial charge in [-0.2, -0.15) is 0 Å². The summed E-state index contributed by atoms with van der Waals surface area (Å²) in [5.41, 5.74) is 6.84. The van der Waals surface area contributed by atoms with Crippen molar-refractivity contribution in [1.29, 1.82) is 0 Å². The van der Waals surface area contributed by atoms with Crippen molar-refractivity contribution in [3.05, 3.63) is 28.3 Å². The zero-order valence-electron chi connectivity index (χ0n) is 10.0. The first-order valence-corrected chi connectivity index (χ1v) is 6.02. The van der Waals surface area contributed by atoms with Crippen LogP contribution in [0.4, 0.5) is 17.1 Å². The van der Waals surface area contributed by atoms with Crippen LogP contribution in [-0.4, -0.2) is 22.7 Å². The maximum absolute atomic E-state index is 10.6. The molecular formula is C12H17N3O3. The third kappa shape index (κ3) is 2.89. The Bertz CT molecular complexity index is 450. The summed E-state index contributed by atoms with van der Waals surface area (Å²) in [5.74, 6) is 0.439. The third-order valence-electron chi connectivity index (χ3n) is 3.34. The van der Waals surface area contributed by atoms with Gasteiger partial charge >= 0.3 is 0 Å². The van der Waals surface area contributed by atoms with Gasteiger partial charge in [-0.1, -0.05) is 0 Å². The van der Waals surface area contributed by atoms with E-state index < -0.39 is 4.92 Å². The molecule has 6 nitrogen and oxygen atoms in total. The molecule has 18 heavy (non-hydrogen) atoms. The molecule has 0 saturated heterocycles. The minimum Gasteiger partial charge on any atom is -0.397 e. The van der Waals surface area contributed by atoms with E-state index in [-0.39, 0.29) is 11.8 Å². The predicted octanol–water partition coefficient (Wildman–Crippen LogP) is 1.75. The van der Waals surface area contributed by atoms with Crippen LogP contribution in [0.25, 0.3) is 0 Å². The Kier molecular flexibility index (Phi) is 3.66. The highest BCUT2D eigenvalue weighted by molar-refractivity contribution is 5.69. The van der Waals surface area contributed by atoms with Crippen molar-refractivity contribution in [3.63, 3.8) is 0 Å². The van der Waals surface area contributed by atoms with Crippen molar-refractivity contribution >= 4 is 17.1 Å². The van der Waals surface area contributed by atoms with Crippen molar-refractivity contribution in [3.8, 4) is 0 Å². The predicted molar refractivity (Wildman–Crippen MR) is 69.3 cm³/mol. The Morgan fingerprint density at radius 2 is 2.28 bits per heavy atom. The summed E-state index contributed by atoms with van der Waals surface area (Å²) in [5, 5.41) is 23.2. The number of nitrogens with one attached hydrogen (secondary N) is 1. The van der Waals surface area contributed by atoms with Gasteiger partial charge < -0.3 is 16.2 Å². The maximum Gasteiger partial charge on any atom is 0.271 e. The topological polar surface area (TPSA) is 101 Å². The average molecular weight is 251 g/mol. The van der Waals surface area contributed by atoms with Gasteiger partial charge in [0.15, 0.2) is 0 Å². The highest BCUT2D eigenvalue weighted by atomic mass is 16.6. The number of rotatable bonds is 4. The number of nitrogen functional groups attached to an aromatic ring is 1. The molecule has 0 aliphatic heterocycles. The lowest BCUT2D eigenvalue weighted by molar-refractivity contribution is -0.384. The molecule has 4 N–H and O–H groups in total. The smallest absolute Gasteiger partial charge is 0.271 e. The number of hydrogen-bond donors (Lipinski definition) is 3. The lowest BCUT2D eigenvalue weighted by Crippen LogP contribution is -2.13. The van der Waals surface area contributed by atoms with Crippen LogP contribution in [0.3, 0.4) is 0 Å². The van der Waals surface area contributed by atoms with Gasteiger partial charge in [-0.3, -0.25) is 10.1 Å². The summed E-state index contributed by atoms with van der Waals surface area (Å²) in [6.45, 7) is 0.735. The first-order chi connectivity index (χ1) is 8.56. The molecule has 6 heteroatoms. The van der Waals surface area contributed by atoms with Crippen LogP contribution in [0.1, 0.15) is 19.3 Å². The van der Waals surface area contributed by atoms with E-state index in [0.29, 0.717) is 17.3 Å². The third-order valence-corrected chi connectivity index (χ3v) is 3.34. The zero-order chi connectivity index (χ0) is 13.1. The van der Waals surface area contributed by atoms with Crippen LogP contribution in [0.15, 0.2) is 18.2 Å². The number of benzene rings is 1. The average Bonchev–Trinajstić information content (AvgIpc) is 2.73. The first kappa shape index (κ1) is 12.6. The molecular weight excluding hydrogens is 234 g/mol. The number of nitro benzene ring substituents is 1. The maximum atomic E-state index is 10.6. The Hall–Kier alpha value is -1.82. The number of nitro groups is 1. The van der Waals surface area contributed by atoms with Gasteiger partial charge in [0, 0.05) is 18.7 Å². The largest absolute Gasteiger partial charge is 0.397 e. The molecule has 1 fully saturated rings. The molecule has 0 spiro atoms. The molecule has 2 unspecified atom stereocenters. The number of anilines is 2. The van der Waals surface area contributed by atoms with Crippen LogP contribution in [0.5, 0.6) is 0 Å². The molecule has 2 rings (SSSR count). The molecule has 2 atom stereocenters. The molecule has 1 saturated carbocycles. The molecule has 0 amide bonds. The number of nitrogens with two attached hydrogens (primary N) is 1. The Labute approximate surface area is 105 Å². The van der Waals surface area contributed by atoms with Gasteiger partial charge in [-0.15, -0.1) is 0 Å². The van der Waals surface area contributed by atoms with Crippen LogP contribution in [-0.2, 0) is 0 Å². The van der Waals surface area contributed by atoms with E-state index in [1.165, 1.54) is 12.1 Å². The molecule has 0 aromatic heterocycles. The van der Waals surface area contributed by atoms with Crippen molar-refractivity contribution in [2.24, 2.45) is 5.92 Å². The van der Waals surface area contributed by atoms with Crippen LogP contribution >= 0.6 is 0 Å². The monoisotopic (exact) mass is 251 g/mol. The van der Waals surface area contributed by atoms with Crippen LogP contribution in [0.2, 0.25) is 0 Å². The number of nitrogens with zero attached hydrogens (tertiary/aromatic N) is 1. The van der Waals surface area contributed by atoms with E-state index in [2.05, 4.69) is 5.32 Å². The molecule has 1 aromatic rings. The summed E-state index contributed by atoms with van der Waals surface area (Å²) in [6.07, 6.45) is 2.47. The van der Waals surface area contributed by atoms with Gasteiger partial charge in [0.2, 0.25) is 0 Å². The molecule has 1 aromatic carbocycles. The van der Waals surface area contributed by atoms with Crippen molar-refractivity contribution in [1.82, 2.24) is 0 Å². The second kappa shape index (κ2) is 5.22. The Morgan fingerprint density at radius 3 is 2.83 bits per heavy atom. The number of hydrogen-bond acceptors (Lipinski definition) is 5. The van der Waals surface area contributed by atoms with E-state index >= 15 is 0 Å². The quantitative estimate of drug-likeness (QED) is 0.430. The van der Waals surface area contributed by atoms with Crippen molar-refractivity contribution in [2.45, 2.75) is 25.4 Å². The molecule has 0 heterocycles. The number of aliphatic hydroxyl groups is 1. The van der Waals surface area contributed by atoms with E-state index in [4.69, 9.17) is 5.73 Å². The van der Waals surface area contributed by atoms with Gasteiger partial charge in [0.25, 0.3) is 5.69 Å². The fraction of sp³-hybridized carbons (Fsp3) is 0.500. The van der Waals surface area contributed by atoms with Crippen molar-refractivity contribution in [2.75, 3.05) is 17.6 Å². The van der Waals surface area contributed by atoms with E-state index in [0.717, 1.165) is 25.8 Å². The summed E-state index contributed by atoms with van der Waals surface area (Å²) in [7, 11) is 0. The normalized spacial score (nSPS) is 22.9. The lowest BCUT2D eigenvalue weighted by atomic mass is 10.1. The molecule has 98 valence electrons. The van der Waals surface area contributed by atoms with Crippen LogP contribution < -0.4 is 11.1 Å². The second-order valence-electron chi connectivity index (χ2n) is 4.74. The molecule has 0 bridgehead atoms. The SMILES string of the molecule is Nc1cc([N+](=O)[O-])ccc1NCC1CCC(O)C1. The Morgan fingerprint density at radius 1 is 1.50 bits per heavy atom.